The van der Waals surface area contributed by atoms with Crippen LogP contribution in [0.2, 0.25) is 0 Å². The summed E-state index contributed by atoms with van der Waals surface area (Å²) in [6.07, 6.45) is 0.234. The van der Waals surface area contributed by atoms with E-state index in [1.165, 1.54) is 5.56 Å². The molecule has 1 aromatic rings. The van der Waals surface area contributed by atoms with E-state index in [4.69, 9.17) is 9.47 Å². The summed E-state index contributed by atoms with van der Waals surface area (Å²) < 4.78 is 11.3. The lowest BCUT2D eigenvalue weighted by Crippen LogP contribution is -2.29. The molecule has 3 unspecified atom stereocenters. The first-order chi connectivity index (χ1) is 6.65. The molecule has 0 amide bonds. The zero-order valence-electron chi connectivity index (χ0n) is 8.49. The molecule has 0 bridgehead atoms. The van der Waals surface area contributed by atoms with E-state index in [0.29, 0.717) is 0 Å². The Morgan fingerprint density at radius 2 is 1.93 bits per heavy atom. The normalized spacial score (nSPS) is 44.9. The maximum Gasteiger partial charge on any atom is 0.193 e. The molecule has 3 rings (SSSR count). The molecule has 0 aliphatic carbocycles. The Balaban J connectivity index is 1.99. The number of hydrogen-bond donors (Lipinski definition) is 0. The predicted octanol–water partition coefficient (Wildman–Crippen LogP) is 2.09. The number of epoxide rings is 1. The van der Waals surface area contributed by atoms with Crippen molar-refractivity contribution in [1.82, 2.24) is 0 Å². The second kappa shape index (κ2) is 2.38. The summed E-state index contributed by atoms with van der Waals surface area (Å²) in [4.78, 5) is 0. The van der Waals surface area contributed by atoms with Gasteiger partial charge in [0.25, 0.3) is 0 Å². The van der Waals surface area contributed by atoms with E-state index < -0.39 is 0 Å². The minimum absolute atomic E-state index is 0.0377. The van der Waals surface area contributed by atoms with Crippen LogP contribution in [0.15, 0.2) is 30.3 Å². The molecule has 2 saturated heterocycles. The summed E-state index contributed by atoms with van der Waals surface area (Å²) in [5, 5.41) is 0. The van der Waals surface area contributed by atoms with Crippen LogP contribution < -0.4 is 0 Å². The molecule has 3 atom stereocenters. The zero-order valence-corrected chi connectivity index (χ0v) is 8.49. The third-order valence-electron chi connectivity index (χ3n) is 3.44. The van der Waals surface area contributed by atoms with E-state index in [0.717, 1.165) is 6.61 Å². The van der Waals surface area contributed by atoms with Gasteiger partial charge in [-0.1, -0.05) is 37.3 Å². The van der Waals surface area contributed by atoms with Crippen molar-refractivity contribution >= 4 is 0 Å². The smallest absolute Gasteiger partial charge is 0.193 e. The van der Waals surface area contributed by atoms with Crippen LogP contribution in [0.1, 0.15) is 19.4 Å². The van der Waals surface area contributed by atoms with Crippen molar-refractivity contribution in [3.63, 3.8) is 0 Å². The van der Waals surface area contributed by atoms with Gasteiger partial charge in [0.2, 0.25) is 0 Å². The van der Waals surface area contributed by atoms with Crippen LogP contribution >= 0.6 is 0 Å². The van der Waals surface area contributed by atoms with Gasteiger partial charge in [-0.25, -0.2) is 0 Å². The van der Waals surface area contributed by atoms with Gasteiger partial charge in [0.1, 0.15) is 6.10 Å². The average Bonchev–Trinajstić information content (AvgIpc) is 2.84. The number of fused-ring (bicyclic) bond motifs is 1. The van der Waals surface area contributed by atoms with E-state index in [-0.39, 0.29) is 17.3 Å². The van der Waals surface area contributed by atoms with Gasteiger partial charge in [-0.15, -0.1) is 0 Å². The zero-order chi connectivity index (χ0) is 9.81. The molecule has 2 aliphatic rings. The molecule has 0 aromatic heterocycles. The van der Waals surface area contributed by atoms with Gasteiger partial charge in [-0.2, -0.15) is 0 Å². The fraction of sp³-hybridized carbons (Fsp3) is 0.500. The van der Waals surface area contributed by atoms with Gasteiger partial charge < -0.3 is 9.47 Å². The maximum absolute atomic E-state index is 5.66. The Morgan fingerprint density at radius 1 is 1.21 bits per heavy atom. The van der Waals surface area contributed by atoms with Crippen LogP contribution in [-0.4, -0.2) is 18.5 Å². The minimum atomic E-state index is -0.301. The summed E-state index contributed by atoms with van der Waals surface area (Å²) in [5.74, 6) is -0.301. The lowest BCUT2D eigenvalue weighted by molar-refractivity contribution is -0.0423. The quantitative estimate of drug-likeness (QED) is 0.632. The molecule has 0 radical (unpaired) electrons. The van der Waals surface area contributed by atoms with Gasteiger partial charge in [0.05, 0.1) is 6.61 Å². The summed E-state index contributed by atoms with van der Waals surface area (Å²) in [6, 6.07) is 10.5. The van der Waals surface area contributed by atoms with Crippen molar-refractivity contribution in [3.05, 3.63) is 35.9 Å². The predicted molar refractivity (Wildman–Crippen MR) is 53.0 cm³/mol. The van der Waals surface area contributed by atoms with Crippen LogP contribution in [0.3, 0.4) is 0 Å². The second-order valence-electron chi connectivity index (χ2n) is 4.59. The Morgan fingerprint density at radius 3 is 2.43 bits per heavy atom. The van der Waals surface area contributed by atoms with Crippen molar-refractivity contribution < 1.29 is 9.47 Å². The van der Waals surface area contributed by atoms with Gasteiger partial charge >= 0.3 is 0 Å². The first-order valence-corrected chi connectivity index (χ1v) is 5.02. The van der Waals surface area contributed by atoms with Gasteiger partial charge in [-0.05, 0) is 12.5 Å². The molecule has 2 aliphatic heterocycles. The van der Waals surface area contributed by atoms with Crippen LogP contribution in [0.4, 0.5) is 0 Å². The molecule has 1 aromatic carbocycles. The molecule has 2 heteroatoms. The lowest BCUT2D eigenvalue weighted by atomic mass is 9.80. The van der Waals surface area contributed by atoms with Gasteiger partial charge in [0, 0.05) is 5.41 Å². The third-order valence-corrected chi connectivity index (χ3v) is 3.44. The van der Waals surface area contributed by atoms with Gasteiger partial charge in [-0.3, -0.25) is 0 Å². The number of benzene rings is 1. The highest BCUT2D eigenvalue weighted by Crippen LogP contribution is 2.55. The SMILES string of the molecule is CC12OCC(C)(c3ccccc3)C1O2. The Labute approximate surface area is 83.8 Å². The molecule has 74 valence electrons. The van der Waals surface area contributed by atoms with Crippen molar-refractivity contribution in [2.75, 3.05) is 6.61 Å². The topological polar surface area (TPSA) is 21.8 Å². The van der Waals surface area contributed by atoms with Crippen molar-refractivity contribution in [3.8, 4) is 0 Å². The molecule has 2 heterocycles. The molecule has 2 nitrogen and oxygen atoms in total. The van der Waals surface area contributed by atoms with Crippen LogP contribution in [-0.2, 0) is 14.9 Å². The van der Waals surface area contributed by atoms with Crippen molar-refractivity contribution in [1.29, 1.82) is 0 Å². The molecular formula is C12H14O2. The highest BCUT2D eigenvalue weighted by Gasteiger charge is 2.68. The third kappa shape index (κ3) is 0.928. The van der Waals surface area contributed by atoms with E-state index in [1.807, 2.05) is 13.0 Å². The summed E-state index contributed by atoms with van der Waals surface area (Å²) >= 11 is 0. The highest BCUT2D eigenvalue weighted by atomic mass is 16.8. The fourth-order valence-electron chi connectivity index (χ4n) is 2.44. The van der Waals surface area contributed by atoms with Crippen LogP contribution in [0.25, 0.3) is 0 Å². The number of rotatable bonds is 1. The Bertz CT molecular complexity index is 362. The van der Waals surface area contributed by atoms with E-state index in [2.05, 4.69) is 31.2 Å². The van der Waals surface area contributed by atoms with Crippen molar-refractivity contribution in [2.24, 2.45) is 0 Å². The van der Waals surface area contributed by atoms with E-state index in [9.17, 15) is 0 Å². The lowest BCUT2D eigenvalue weighted by Gasteiger charge is -2.23. The minimum Gasteiger partial charge on any atom is -0.347 e. The monoisotopic (exact) mass is 190 g/mol. The molecule has 14 heavy (non-hydrogen) atoms. The average molecular weight is 190 g/mol. The van der Waals surface area contributed by atoms with E-state index in [1.54, 1.807) is 0 Å². The molecule has 0 N–H and O–H groups in total. The second-order valence-corrected chi connectivity index (χ2v) is 4.59. The molecule has 0 spiro atoms. The fourth-order valence-corrected chi connectivity index (χ4v) is 2.44. The molecule has 0 saturated carbocycles. The largest absolute Gasteiger partial charge is 0.347 e. The summed E-state index contributed by atoms with van der Waals surface area (Å²) in [6.45, 7) is 5.00. The Kier molecular flexibility index (Phi) is 1.44. The standard InChI is InChI=1S/C12H14O2/c1-11(9-6-4-3-5-7-9)8-13-12(2)10(11)14-12/h3-7,10H,8H2,1-2H3. The number of ether oxygens (including phenoxy) is 2. The van der Waals surface area contributed by atoms with Crippen LogP contribution in [0, 0.1) is 0 Å². The van der Waals surface area contributed by atoms with E-state index >= 15 is 0 Å². The summed E-state index contributed by atoms with van der Waals surface area (Å²) in [7, 11) is 0. The molecular weight excluding hydrogens is 176 g/mol. The maximum atomic E-state index is 5.66. The first kappa shape index (κ1) is 8.45. The summed E-state index contributed by atoms with van der Waals surface area (Å²) in [5.41, 5.74) is 1.35. The Hall–Kier alpha value is -0.860. The highest BCUT2D eigenvalue weighted by molar-refractivity contribution is 5.32. The first-order valence-electron chi connectivity index (χ1n) is 5.02. The van der Waals surface area contributed by atoms with Crippen molar-refractivity contribution in [2.45, 2.75) is 31.2 Å². The van der Waals surface area contributed by atoms with Crippen LogP contribution in [0.5, 0.6) is 0 Å². The van der Waals surface area contributed by atoms with Gasteiger partial charge in [0.15, 0.2) is 5.79 Å². The molecule has 2 fully saturated rings. The number of hydrogen-bond acceptors (Lipinski definition) is 2.